The summed E-state index contributed by atoms with van der Waals surface area (Å²) < 4.78 is 64.3. The lowest BCUT2D eigenvalue weighted by Gasteiger charge is -2.24. The SMILES string of the molecule is CCCNC(=O)CN1C[C@@H](C(F)(F)F)[C@H](S(=O)(=O)N(C)C)C1. The molecule has 1 rings (SSSR count). The third-order valence-electron chi connectivity index (χ3n) is 3.59. The summed E-state index contributed by atoms with van der Waals surface area (Å²) in [6, 6.07) is 0. The second-order valence-corrected chi connectivity index (χ2v) is 7.92. The van der Waals surface area contributed by atoms with Gasteiger partial charge in [-0.05, 0) is 6.42 Å². The van der Waals surface area contributed by atoms with E-state index in [2.05, 4.69) is 5.32 Å². The highest BCUT2D eigenvalue weighted by Crippen LogP contribution is 2.37. The topological polar surface area (TPSA) is 69.7 Å². The van der Waals surface area contributed by atoms with Crippen LogP contribution in [0.1, 0.15) is 13.3 Å². The number of carbonyl (C=O) groups is 1. The third-order valence-corrected chi connectivity index (χ3v) is 5.85. The molecule has 0 spiro atoms. The molecule has 0 bridgehead atoms. The predicted octanol–water partition coefficient (Wildman–Crippen LogP) is 0.267. The Morgan fingerprint density at radius 1 is 1.32 bits per heavy atom. The van der Waals surface area contributed by atoms with Crippen molar-refractivity contribution in [2.24, 2.45) is 5.92 Å². The fourth-order valence-electron chi connectivity index (χ4n) is 2.39. The number of alkyl halides is 3. The lowest BCUT2D eigenvalue weighted by atomic mass is 10.1. The molecule has 22 heavy (non-hydrogen) atoms. The summed E-state index contributed by atoms with van der Waals surface area (Å²) in [7, 11) is -1.64. The quantitative estimate of drug-likeness (QED) is 0.750. The molecule has 1 N–H and O–H groups in total. The standard InChI is InChI=1S/C12H22F3N3O3S/c1-4-5-16-11(19)8-18-6-9(12(13,14)15)10(7-18)22(20,21)17(2)3/h9-10H,4-8H2,1-3H3,(H,16,19)/t9-,10-/m1/s1. The Morgan fingerprint density at radius 2 is 1.91 bits per heavy atom. The molecular weight excluding hydrogens is 323 g/mol. The Balaban J connectivity index is 2.87. The minimum atomic E-state index is -4.62. The first-order valence-electron chi connectivity index (χ1n) is 6.97. The lowest BCUT2D eigenvalue weighted by molar-refractivity contribution is -0.170. The van der Waals surface area contributed by atoms with Crippen molar-refractivity contribution in [1.82, 2.24) is 14.5 Å². The summed E-state index contributed by atoms with van der Waals surface area (Å²) in [4.78, 5) is 12.9. The number of hydrogen-bond donors (Lipinski definition) is 1. The molecule has 1 heterocycles. The van der Waals surface area contributed by atoms with Crippen molar-refractivity contribution in [1.29, 1.82) is 0 Å². The Morgan fingerprint density at radius 3 is 2.36 bits per heavy atom. The summed E-state index contributed by atoms with van der Waals surface area (Å²) in [6.45, 7) is 1.28. The number of likely N-dealkylation sites (tertiary alicyclic amines) is 1. The molecular formula is C12H22F3N3O3S. The van der Waals surface area contributed by atoms with Crippen LogP contribution in [0.15, 0.2) is 0 Å². The Labute approximate surface area is 128 Å². The van der Waals surface area contributed by atoms with Crippen LogP contribution in [-0.4, -0.2) is 75.2 Å². The summed E-state index contributed by atoms with van der Waals surface area (Å²) >= 11 is 0. The molecule has 1 aliphatic rings. The second kappa shape index (κ2) is 7.14. The van der Waals surface area contributed by atoms with E-state index in [0.29, 0.717) is 13.0 Å². The summed E-state index contributed by atoms with van der Waals surface area (Å²) in [5.41, 5.74) is 0. The lowest BCUT2D eigenvalue weighted by Crippen LogP contribution is -2.43. The van der Waals surface area contributed by atoms with E-state index in [4.69, 9.17) is 0 Å². The van der Waals surface area contributed by atoms with Gasteiger partial charge in [0, 0.05) is 33.7 Å². The maximum Gasteiger partial charge on any atom is 0.394 e. The average molecular weight is 345 g/mol. The largest absolute Gasteiger partial charge is 0.394 e. The molecule has 10 heteroatoms. The zero-order chi connectivity index (χ0) is 17.1. The second-order valence-electron chi connectivity index (χ2n) is 5.56. The van der Waals surface area contributed by atoms with Crippen LogP contribution in [0.3, 0.4) is 0 Å². The van der Waals surface area contributed by atoms with Gasteiger partial charge in [-0.2, -0.15) is 13.2 Å². The van der Waals surface area contributed by atoms with Crippen LogP contribution in [0.2, 0.25) is 0 Å². The van der Waals surface area contributed by atoms with Gasteiger partial charge in [0.05, 0.1) is 12.5 Å². The molecule has 0 aromatic rings. The molecule has 1 fully saturated rings. The number of nitrogens with zero attached hydrogens (tertiary/aromatic N) is 2. The van der Waals surface area contributed by atoms with Crippen LogP contribution in [-0.2, 0) is 14.8 Å². The first-order chi connectivity index (χ1) is 10.00. The molecule has 0 saturated carbocycles. The van der Waals surface area contributed by atoms with E-state index < -0.39 is 39.8 Å². The number of rotatable bonds is 6. The van der Waals surface area contributed by atoms with Crippen LogP contribution >= 0.6 is 0 Å². The van der Waals surface area contributed by atoms with Gasteiger partial charge < -0.3 is 5.32 Å². The van der Waals surface area contributed by atoms with E-state index in [1.165, 1.54) is 19.0 Å². The molecule has 6 nitrogen and oxygen atoms in total. The molecule has 0 unspecified atom stereocenters. The van der Waals surface area contributed by atoms with Crippen LogP contribution in [0.4, 0.5) is 13.2 Å². The Kier molecular flexibility index (Phi) is 6.22. The van der Waals surface area contributed by atoms with E-state index in [-0.39, 0.29) is 13.1 Å². The first kappa shape index (κ1) is 19.2. The minimum Gasteiger partial charge on any atom is -0.355 e. The van der Waals surface area contributed by atoms with Gasteiger partial charge in [0.2, 0.25) is 15.9 Å². The molecule has 1 saturated heterocycles. The molecule has 0 aromatic carbocycles. The number of halogens is 3. The Bertz CT molecular complexity index is 494. The van der Waals surface area contributed by atoms with E-state index in [0.717, 1.165) is 4.31 Å². The van der Waals surface area contributed by atoms with Crippen LogP contribution in [0, 0.1) is 5.92 Å². The number of sulfonamides is 1. The van der Waals surface area contributed by atoms with Gasteiger partial charge in [-0.15, -0.1) is 0 Å². The van der Waals surface area contributed by atoms with Crippen LogP contribution < -0.4 is 5.32 Å². The van der Waals surface area contributed by atoms with Gasteiger partial charge in [-0.3, -0.25) is 9.69 Å². The van der Waals surface area contributed by atoms with Crippen molar-refractivity contribution in [3.8, 4) is 0 Å². The fourth-order valence-corrected chi connectivity index (χ4v) is 3.99. The molecule has 0 aromatic heterocycles. The predicted molar refractivity (Wildman–Crippen MR) is 75.7 cm³/mol. The molecule has 1 aliphatic heterocycles. The third kappa shape index (κ3) is 4.56. The van der Waals surface area contributed by atoms with Gasteiger partial charge in [0.15, 0.2) is 0 Å². The number of amides is 1. The monoisotopic (exact) mass is 345 g/mol. The van der Waals surface area contributed by atoms with Gasteiger partial charge in [-0.1, -0.05) is 6.92 Å². The zero-order valence-corrected chi connectivity index (χ0v) is 13.7. The molecule has 2 atom stereocenters. The van der Waals surface area contributed by atoms with E-state index in [1.54, 1.807) is 0 Å². The highest BCUT2D eigenvalue weighted by Gasteiger charge is 2.55. The van der Waals surface area contributed by atoms with Gasteiger partial charge >= 0.3 is 6.18 Å². The van der Waals surface area contributed by atoms with Gasteiger partial charge in [0.1, 0.15) is 5.25 Å². The molecule has 0 aliphatic carbocycles. The van der Waals surface area contributed by atoms with Crippen molar-refractivity contribution in [2.45, 2.75) is 24.8 Å². The zero-order valence-electron chi connectivity index (χ0n) is 12.9. The molecule has 130 valence electrons. The van der Waals surface area contributed by atoms with E-state index in [1.807, 2.05) is 6.92 Å². The smallest absolute Gasteiger partial charge is 0.355 e. The first-order valence-corrected chi connectivity index (χ1v) is 8.47. The van der Waals surface area contributed by atoms with Crippen molar-refractivity contribution in [3.63, 3.8) is 0 Å². The normalized spacial score (nSPS) is 24.0. The highest BCUT2D eigenvalue weighted by atomic mass is 32.2. The van der Waals surface area contributed by atoms with E-state index >= 15 is 0 Å². The fraction of sp³-hybridized carbons (Fsp3) is 0.917. The summed E-state index contributed by atoms with van der Waals surface area (Å²) in [5, 5.41) is 0.985. The molecule has 0 radical (unpaired) electrons. The highest BCUT2D eigenvalue weighted by molar-refractivity contribution is 7.89. The van der Waals surface area contributed by atoms with Crippen molar-refractivity contribution < 1.29 is 26.4 Å². The average Bonchev–Trinajstić information content (AvgIpc) is 2.80. The van der Waals surface area contributed by atoms with Crippen molar-refractivity contribution in [2.75, 3.05) is 40.3 Å². The number of nitrogens with one attached hydrogen (secondary N) is 1. The van der Waals surface area contributed by atoms with Crippen molar-refractivity contribution in [3.05, 3.63) is 0 Å². The van der Waals surface area contributed by atoms with Gasteiger partial charge in [0.25, 0.3) is 0 Å². The van der Waals surface area contributed by atoms with Crippen LogP contribution in [0.25, 0.3) is 0 Å². The minimum absolute atomic E-state index is 0.230. The van der Waals surface area contributed by atoms with Crippen LogP contribution in [0.5, 0.6) is 0 Å². The number of hydrogen-bond acceptors (Lipinski definition) is 4. The Hall–Kier alpha value is -0.870. The maximum absolute atomic E-state index is 13.1. The summed E-state index contributed by atoms with van der Waals surface area (Å²) in [6.07, 6.45) is -3.91. The van der Waals surface area contributed by atoms with Crippen molar-refractivity contribution >= 4 is 15.9 Å². The van der Waals surface area contributed by atoms with Gasteiger partial charge in [-0.25, -0.2) is 12.7 Å². The molecule has 1 amide bonds. The maximum atomic E-state index is 13.1. The number of carbonyl (C=O) groups excluding carboxylic acids is 1. The van der Waals surface area contributed by atoms with E-state index in [9.17, 15) is 26.4 Å². The summed E-state index contributed by atoms with van der Waals surface area (Å²) in [5.74, 6) is -2.38.